The summed E-state index contributed by atoms with van der Waals surface area (Å²) in [5.74, 6) is -2.41. The van der Waals surface area contributed by atoms with Crippen LogP contribution in [-0.2, 0) is 16.0 Å². The van der Waals surface area contributed by atoms with Crippen molar-refractivity contribution in [3.05, 3.63) is 64.1 Å². The molecule has 3 rings (SSSR count). The van der Waals surface area contributed by atoms with Crippen molar-refractivity contribution < 1.29 is 14.4 Å². The van der Waals surface area contributed by atoms with Crippen LogP contribution in [0.5, 0.6) is 0 Å². The predicted octanol–water partition coefficient (Wildman–Crippen LogP) is 4.75. The van der Waals surface area contributed by atoms with Crippen molar-refractivity contribution in [2.45, 2.75) is 26.3 Å². The van der Waals surface area contributed by atoms with Crippen LogP contribution < -0.4 is 0 Å². The standard InChI is InChI=1S/C22H21Cl2N3O3/c1-14(2)27-21(29)16(13-25-18-10-6-9-17(23)19(18)24)20(28)26(22(27)30)12-11-15-7-4-3-5-8-15/h3-10,13-14,16H,11-12H2,1-2H3. The van der Waals surface area contributed by atoms with Gasteiger partial charge in [-0.25, -0.2) is 4.79 Å². The molecule has 2 aromatic carbocycles. The fraction of sp³-hybridized carbons (Fsp3) is 0.273. The number of amides is 4. The Morgan fingerprint density at radius 1 is 1.00 bits per heavy atom. The number of benzene rings is 2. The highest BCUT2D eigenvalue weighted by Gasteiger charge is 2.45. The predicted molar refractivity (Wildman–Crippen MR) is 117 cm³/mol. The second-order valence-corrected chi connectivity index (χ2v) is 7.92. The maximum absolute atomic E-state index is 13.0. The maximum Gasteiger partial charge on any atom is 0.333 e. The molecule has 0 radical (unpaired) electrons. The summed E-state index contributed by atoms with van der Waals surface area (Å²) >= 11 is 12.1. The van der Waals surface area contributed by atoms with E-state index >= 15 is 0 Å². The molecule has 0 N–H and O–H groups in total. The van der Waals surface area contributed by atoms with Gasteiger partial charge in [0.2, 0.25) is 11.8 Å². The van der Waals surface area contributed by atoms with E-state index in [9.17, 15) is 14.4 Å². The number of hydrogen-bond donors (Lipinski definition) is 0. The van der Waals surface area contributed by atoms with Crippen LogP contribution in [0.15, 0.2) is 53.5 Å². The van der Waals surface area contributed by atoms with E-state index in [-0.39, 0.29) is 11.6 Å². The topological polar surface area (TPSA) is 70.1 Å². The lowest BCUT2D eigenvalue weighted by molar-refractivity contribution is -0.146. The molecule has 0 spiro atoms. The van der Waals surface area contributed by atoms with Crippen LogP contribution in [-0.4, -0.2) is 46.4 Å². The molecule has 1 aliphatic heterocycles. The summed E-state index contributed by atoms with van der Waals surface area (Å²) in [6, 6.07) is 13.4. The number of barbiturate groups is 1. The zero-order valence-corrected chi connectivity index (χ0v) is 18.1. The average Bonchev–Trinajstić information content (AvgIpc) is 2.71. The first kappa shape index (κ1) is 22.0. The molecular weight excluding hydrogens is 425 g/mol. The molecule has 1 atom stereocenters. The molecule has 2 aromatic rings. The summed E-state index contributed by atoms with van der Waals surface area (Å²) in [6.07, 6.45) is 1.72. The van der Waals surface area contributed by atoms with Gasteiger partial charge in [0.05, 0.1) is 15.7 Å². The Morgan fingerprint density at radius 2 is 1.70 bits per heavy atom. The van der Waals surface area contributed by atoms with Crippen molar-refractivity contribution >= 4 is 52.9 Å². The monoisotopic (exact) mass is 445 g/mol. The van der Waals surface area contributed by atoms with E-state index in [1.165, 1.54) is 6.21 Å². The van der Waals surface area contributed by atoms with Crippen LogP contribution in [0.4, 0.5) is 10.5 Å². The minimum atomic E-state index is -1.21. The molecule has 0 aromatic heterocycles. The van der Waals surface area contributed by atoms with E-state index in [4.69, 9.17) is 23.2 Å². The van der Waals surface area contributed by atoms with Gasteiger partial charge >= 0.3 is 6.03 Å². The van der Waals surface area contributed by atoms with Crippen molar-refractivity contribution in [3.8, 4) is 0 Å². The van der Waals surface area contributed by atoms with Crippen molar-refractivity contribution in [2.24, 2.45) is 10.9 Å². The number of hydrogen-bond acceptors (Lipinski definition) is 4. The number of carbonyl (C=O) groups is 3. The number of imide groups is 2. The van der Waals surface area contributed by atoms with Crippen molar-refractivity contribution in [2.75, 3.05) is 6.54 Å². The molecule has 1 heterocycles. The number of urea groups is 1. The fourth-order valence-corrected chi connectivity index (χ4v) is 3.53. The minimum Gasteiger partial charge on any atom is -0.273 e. The first-order chi connectivity index (χ1) is 14.3. The van der Waals surface area contributed by atoms with Gasteiger partial charge in [-0.3, -0.25) is 24.4 Å². The summed E-state index contributed by atoms with van der Waals surface area (Å²) in [4.78, 5) is 45.2. The lowest BCUT2D eigenvalue weighted by Gasteiger charge is -2.37. The molecule has 156 valence electrons. The van der Waals surface area contributed by atoms with Gasteiger partial charge in [-0.1, -0.05) is 59.6 Å². The second kappa shape index (κ2) is 9.41. The molecule has 8 heteroatoms. The maximum atomic E-state index is 13.0. The molecule has 6 nitrogen and oxygen atoms in total. The molecule has 0 saturated carbocycles. The summed E-state index contributed by atoms with van der Waals surface area (Å²) in [7, 11) is 0. The average molecular weight is 446 g/mol. The van der Waals surface area contributed by atoms with Crippen molar-refractivity contribution in [1.82, 2.24) is 9.80 Å². The Kier molecular flexibility index (Phi) is 6.90. The van der Waals surface area contributed by atoms with Gasteiger partial charge in [-0.05, 0) is 38.0 Å². The van der Waals surface area contributed by atoms with Gasteiger partial charge < -0.3 is 0 Å². The first-order valence-electron chi connectivity index (χ1n) is 9.51. The lowest BCUT2D eigenvalue weighted by Crippen LogP contribution is -2.62. The second-order valence-electron chi connectivity index (χ2n) is 7.14. The number of rotatable bonds is 6. The van der Waals surface area contributed by atoms with E-state index in [1.54, 1.807) is 32.0 Å². The first-order valence-corrected chi connectivity index (χ1v) is 10.3. The molecule has 0 bridgehead atoms. The molecule has 1 aliphatic rings. The van der Waals surface area contributed by atoms with Gasteiger partial charge in [0.1, 0.15) is 0 Å². The van der Waals surface area contributed by atoms with E-state index < -0.39 is 29.8 Å². The van der Waals surface area contributed by atoms with Gasteiger partial charge in [-0.15, -0.1) is 0 Å². The number of aliphatic imine (C=N–C) groups is 1. The van der Waals surface area contributed by atoms with Crippen molar-refractivity contribution in [3.63, 3.8) is 0 Å². The van der Waals surface area contributed by atoms with Crippen molar-refractivity contribution in [1.29, 1.82) is 0 Å². The molecule has 0 aliphatic carbocycles. The third kappa shape index (κ3) is 4.55. The van der Waals surface area contributed by atoms with Crippen LogP contribution in [0.3, 0.4) is 0 Å². The van der Waals surface area contributed by atoms with Crippen LogP contribution in [0.2, 0.25) is 10.0 Å². The molecule has 1 saturated heterocycles. The third-order valence-corrected chi connectivity index (χ3v) is 5.56. The van der Waals surface area contributed by atoms with Gasteiger partial charge in [-0.2, -0.15) is 0 Å². The molecule has 1 fully saturated rings. The smallest absolute Gasteiger partial charge is 0.273 e. The van der Waals surface area contributed by atoms with E-state index in [1.807, 2.05) is 30.3 Å². The molecule has 30 heavy (non-hydrogen) atoms. The van der Waals surface area contributed by atoms with Gasteiger partial charge in [0.15, 0.2) is 5.92 Å². The summed E-state index contributed by atoms with van der Waals surface area (Å²) in [5.41, 5.74) is 1.33. The minimum absolute atomic E-state index is 0.167. The highest BCUT2D eigenvalue weighted by Crippen LogP contribution is 2.32. The fourth-order valence-electron chi connectivity index (χ4n) is 3.18. The van der Waals surface area contributed by atoms with Crippen LogP contribution in [0.1, 0.15) is 19.4 Å². The lowest BCUT2D eigenvalue weighted by atomic mass is 10.0. The molecule has 4 amide bonds. The highest BCUT2D eigenvalue weighted by molar-refractivity contribution is 6.43. The van der Waals surface area contributed by atoms with E-state index in [2.05, 4.69) is 4.99 Å². The van der Waals surface area contributed by atoms with Gasteiger partial charge in [0, 0.05) is 18.8 Å². The zero-order chi connectivity index (χ0) is 21.8. The Balaban J connectivity index is 1.88. The van der Waals surface area contributed by atoms with E-state index in [0.717, 1.165) is 15.4 Å². The number of nitrogens with zero attached hydrogens (tertiary/aromatic N) is 3. The van der Waals surface area contributed by atoms with Crippen LogP contribution in [0, 0.1) is 5.92 Å². The van der Waals surface area contributed by atoms with Crippen LogP contribution in [0.25, 0.3) is 0 Å². The zero-order valence-electron chi connectivity index (χ0n) is 16.6. The molecular formula is C22H21Cl2N3O3. The highest BCUT2D eigenvalue weighted by atomic mass is 35.5. The Hall–Kier alpha value is -2.70. The Bertz CT molecular complexity index is 992. The van der Waals surface area contributed by atoms with Gasteiger partial charge in [0.25, 0.3) is 0 Å². The molecule has 1 unspecified atom stereocenters. The normalized spacial score (nSPS) is 17.5. The SMILES string of the molecule is CC(C)N1C(=O)C(C=Nc2cccc(Cl)c2Cl)C(=O)N(CCc2ccccc2)C1=O. The number of halogens is 2. The number of carbonyl (C=O) groups excluding carboxylic acids is 3. The van der Waals surface area contributed by atoms with E-state index in [0.29, 0.717) is 17.1 Å². The summed E-state index contributed by atoms with van der Waals surface area (Å²) < 4.78 is 0. The largest absolute Gasteiger partial charge is 0.333 e. The quantitative estimate of drug-likeness (QED) is 0.475. The summed E-state index contributed by atoms with van der Waals surface area (Å²) in [6.45, 7) is 3.62. The third-order valence-electron chi connectivity index (χ3n) is 4.75. The summed E-state index contributed by atoms with van der Waals surface area (Å²) in [5, 5.41) is 0.542. The Labute approximate surface area is 185 Å². The Morgan fingerprint density at radius 3 is 2.37 bits per heavy atom. The van der Waals surface area contributed by atoms with Crippen LogP contribution >= 0.6 is 23.2 Å².